The van der Waals surface area contributed by atoms with Gasteiger partial charge in [0.05, 0.1) is 6.54 Å². The molecule has 0 saturated carbocycles. The first kappa shape index (κ1) is 18.2. The van der Waals surface area contributed by atoms with E-state index in [1.807, 2.05) is 6.92 Å². The van der Waals surface area contributed by atoms with Gasteiger partial charge in [-0.2, -0.15) is 0 Å². The summed E-state index contributed by atoms with van der Waals surface area (Å²) in [5.41, 5.74) is 1.35. The number of carboxylic acids is 1. The van der Waals surface area contributed by atoms with Crippen LogP contribution in [0, 0.1) is 5.82 Å². The number of halogens is 1. The third kappa shape index (κ3) is 3.98. The molecule has 0 aliphatic heterocycles. The molecule has 0 bridgehead atoms. The summed E-state index contributed by atoms with van der Waals surface area (Å²) in [5.74, 6) is -1.21. The fourth-order valence-corrected chi connectivity index (χ4v) is 3.52. The maximum absolute atomic E-state index is 13.9. The van der Waals surface area contributed by atoms with E-state index in [-0.39, 0.29) is 12.4 Å². The van der Waals surface area contributed by atoms with E-state index < -0.39 is 11.2 Å². The van der Waals surface area contributed by atoms with Gasteiger partial charge in [-0.05, 0) is 12.5 Å². The molecule has 3 aromatic rings. The Balaban J connectivity index is 1.88. The maximum atomic E-state index is 13.9. The zero-order valence-electron chi connectivity index (χ0n) is 14.2. The Morgan fingerprint density at radius 1 is 1.35 bits per heavy atom. The lowest BCUT2D eigenvalue weighted by Gasteiger charge is -2.10. The largest absolute Gasteiger partial charge is 0.480 e. The van der Waals surface area contributed by atoms with Crippen molar-refractivity contribution in [2.45, 2.75) is 43.0 Å². The van der Waals surface area contributed by atoms with E-state index in [1.165, 1.54) is 17.1 Å². The van der Waals surface area contributed by atoms with E-state index >= 15 is 0 Å². The topological polar surface area (TPSA) is 93.8 Å². The van der Waals surface area contributed by atoms with Crippen molar-refractivity contribution in [2.75, 3.05) is 0 Å². The second kappa shape index (κ2) is 8.22. The van der Waals surface area contributed by atoms with Crippen LogP contribution < -0.4 is 0 Å². The molecule has 0 aliphatic carbocycles. The van der Waals surface area contributed by atoms with Crippen molar-refractivity contribution in [3.05, 3.63) is 42.0 Å². The number of hydrogen-bond acceptors (Lipinski definition) is 6. The van der Waals surface area contributed by atoms with E-state index in [2.05, 4.69) is 20.3 Å². The van der Waals surface area contributed by atoms with Crippen molar-refractivity contribution in [1.29, 1.82) is 0 Å². The molecule has 3 rings (SSSR count). The number of unbranched alkanes of at least 4 members (excludes halogenated alkanes) is 1. The molecule has 0 spiro atoms. The molecule has 1 unspecified atom stereocenters. The first-order valence-corrected chi connectivity index (χ1v) is 9.15. The van der Waals surface area contributed by atoms with Crippen LogP contribution in [0.25, 0.3) is 11.2 Å². The molecule has 0 amide bonds. The summed E-state index contributed by atoms with van der Waals surface area (Å²) >= 11 is 1.15. The first-order chi connectivity index (χ1) is 12.6. The molecule has 26 heavy (non-hydrogen) atoms. The second-order valence-electron chi connectivity index (χ2n) is 5.78. The van der Waals surface area contributed by atoms with Crippen molar-refractivity contribution < 1.29 is 14.3 Å². The van der Waals surface area contributed by atoms with Crippen LogP contribution in [0.15, 0.2) is 35.6 Å². The zero-order chi connectivity index (χ0) is 18.5. The van der Waals surface area contributed by atoms with E-state index in [0.29, 0.717) is 28.2 Å². The van der Waals surface area contributed by atoms with Gasteiger partial charge < -0.3 is 5.11 Å². The Bertz CT molecular complexity index is 917. The van der Waals surface area contributed by atoms with Gasteiger partial charge in [0.2, 0.25) is 0 Å². The average molecular weight is 375 g/mol. The van der Waals surface area contributed by atoms with Crippen molar-refractivity contribution in [2.24, 2.45) is 0 Å². The number of rotatable bonds is 8. The number of hydrogen-bond donors (Lipinski definition) is 1. The van der Waals surface area contributed by atoms with Gasteiger partial charge in [-0.1, -0.05) is 54.9 Å². The normalized spacial score (nSPS) is 12.4. The Kier molecular flexibility index (Phi) is 5.77. The Labute approximate surface area is 153 Å². The predicted octanol–water partition coefficient (Wildman–Crippen LogP) is 3.14. The molecular formula is C17H18FN5O2S. The van der Waals surface area contributed by atoms with Crippen LogP contribution >= 0.6 is 11.8 Å². The molecule has 0 saturated heterocycles. The smallest absolute Gasteiger partial charge is 0.317 e. The Morgan fingerprint density at radius 3 is 2.88 bits per heavy atom. The van der Waals surface area contributed by atoms with Crippen LogP contribution in [0.5, 0.6) is 0 Å². The molecule has 1 atom stereocenters. The molecule has 136 valence electrons. The number of benzene rings is 1. The third-order valence-corrected chi connectivity index (χ3v) is 5.14. The Hall–Kier alpha value is -2.55. The molecule has 1 N–H and O–H groups in total. The molecule has 2 heterocycles. The molecule has 0 fully saturated rings. The minimum absolute atomic E-state index is 0.183. The summed E-state index contributed by atoms with van der Waals surface area (Å²) in [6.07, 6.45) is 3.64. The van der Waals surface area contributed by atoms with Crippen molar-refractivity contribution in [3.8, 4) is 0 Å². The van der Waals surface area contributed by atoms with Gasteiger partial charge in [0.25, 0.3) is 0 Å². The standard InChI is InChI=1S/C17H18FN5O2S/c1-2-3-8-13(17(24)25)26-16-14-15(19-10-20-16)23(22-21-14)9-11-6-4-5-7-12(11)18/h4-7,10,13H,2-3,8-9H2,1H3,(H,24,25). The number of aromatic nitrogens is 5. The quantitative estimate of drug-likeness (QED) is 0.477. The third-order valence-electron chi connectivity index (χ3n) is 3.89. The van der Waals surface area contributed by atoms with Gasteiger partial charge in [-0.3, -0.25) is 4.79 Å². The SMILES string of the molecule is CCCCC(Sc1ncnc2c1nnn2Cc1ccccc1F)C(=O)O. The Morgan fingerprint density at radius 2 is 2.15 bits per heavy atom. The zero-order valence-corrected chi connectivity index (χ0v) is 15.0. The van der Waals surface area contributed by atoms with E-state index in [1.54, 1.807) is 18.2 Å². The summed E-state index contributed by atoms with van der Waals surface area (Å²) in [6, 6.07) is 6.43. The average Bonchev–Trinajstić information content (AvgIpc) is 3.04. The van der Waals surface area contributed by atoms with Crippen LogP contribution in [0.1, 0.15) is 31.7 Å². The fraction of sp³-hybridized carbons (Fsp3) is 0.353. The maximum Gasteiger partial charge on any atom is 0.317 e. The summed E-state index contributed by atoms with van der Waals surface area (Å²) in [7, 11) is 0. The van der Waals surface area contributed by atoms with E-state index in [0.717, 1.165) is 24.6 Å². The van der Waals surface area contributed by atoms with Crippen LogP contribution in [-0.2, 0) is 11.3 Å². The minimum atomic E-state index is -0.881. The van der Waals surface area contributed by atoms with Gasteiger partial charge >= 0.3 is 5.97 Å². The number of carboxylic acid groups (broad SMARTS) is 1. The molecule has 0 radical (unpaired) electrons. The van der Waals surface area contributed by atoms with Crippen LogP contribution in [0.4, 0.5) is 4.39 Å². The molecule has 2 aromatic heterocycles. The van der Waals surface area contributed by atoms with Gasteiger partial charge in [0.1, 0.15) is 22.4 Å². The van der Waals surface area contributed by atoms with Crippen molar-refractivity contribution >= 4 is 28.9 Å². The fourth-order valence-electron chi connectivity index (χ4n) is 2.51. The van der Waals surface area contributed by atoms with Gasteiger partial charge in [0, 0.05) is 5.56 Å². The van der Waals surface area contributed by atoms with Crippen molar-refractivity contribution in [1.82, 2.24) is 25.0 Å². The van der Waals surface area contributed by atoms with Crippen LogP contribution in [0.3, 0.4) is 0 Å². The highest BCUT2D eigenvalue weighted by Gasteiger charge is 2.22. The highest BCUT2D eigenvalue weighted by atomic mass is 32.2. The van der Waals surface area contributed by atoms with Gasteiger partial charge in [-0.25, -0.2) is 19.0 Å². The number of nitrogens with zero attached hydrogens (tertiary/aromatic N) is 5. The van der Waals surface area contributed by atoms with Crippen LogP contribution in [0.2, 0.25) is 0 Å². The molecule has 7 nitrogen and oxygen atoms in total. The minimum Gasteiger partial charge on any atom is -0.480 e. The lowest BCUT2D eigenvalue weighted by Crippen LogP contribution is -2.16. The lowest BCUT2D eigenvalue weighted by molar-refractivity contribution is -0.136. The summed E-state index contributed by atoms with van der Waals surface area (Å²) in [5, 5.41) is 17.4. The van der Waals surface area contributed by atoms with Crippen molar-refractivity contribution in [3.63, 3.8) is 0 Å². The molecular weight excluding hydrogens is 357 g/mol. The lowest BCUT2D eigenvalue weighted by atomic mass is 10.2. The number of aliphatic carboxylic acids is 1. The summed E-state index contributed by atoms with van der Waals surface area (Å²) in [4.78, 5) is 19.8. The monoisotopic (exact) mass is 375 g/mol. The highest BCUT2D eigenvalue weighted by molar-refractivity contribution is 8.00. The van der Waals surface area contributed by atoms with E-state index in [9.17, 15) is 14.3 Å². The molecule has 0 aliphatic rings. The second-order valence-corrected chi connectivity index (χ2v) is 6.97. The highest BCUT2D eigenvalue weighted by Crippen LogP contribution is 2.29. The first-order valence-electron chi connectivity index (χ1n) is 8.27. The number of fused-ring (bicyclic) bond motifs is 1. The summed E-state index contributed by atoms with van der Waals surface area (Å²) in [6.45, 7) is 2.20. The number of carbonyl (C=O) groups is 1. The molecule has 1 aromatic carbocycles. The number of thioether (sulfide) groups is 1. The van der Waals surface area contributed by atoms with Gasteiger partial charge in [-0.15, -0.1) is 5.10 Å². The van der Waals surface area contributed by atoms with Crippen LogP contribution in [-0.4, -0.2) is 41.3 Å². The molecule has 9 heteroatoms. The summed E-state index contributed by atoms with van der Waals surface area (Å²) < 4.78 is 15.4. The predicted molar refractivity (Wildman–Crippen MR) is 95.4 cm³/mol. The van der Waals surface area contributed by atoms with E-state index in [4.69, 9.17) is 0 Å². The van der Waals surface area contributed by atoms with Gasteiger partial charge in [0.15, 0.2) is 11.2 Å².